The van der Waals surface area contributed by atoms with Gasteiger partial charge in [-0.15, -0.1) is 0 Å². The third-order valence-corrected chi connectivity index (χ3v) is 3.01. The van der Waals surface area contributed by atoms with Crippen molar-refractivity contribution < 1.29 is 13.9 Å². The van der Waals surface area contributed by atoms with Crippen LogP contribution in [-0.4, -0.2) is 5.11 Å². The monoisotopic (exact) mass is 268 g/mol. The van der Waals surface area contributed by atoms with E-state index in [4.69, 9.17) is 11.6 Å². The molecule has 0 saturated heterocycles. The van der Waals surface area contributed by atoms with Gasteiger partial charge < -0.3 is 5.11 Å². The van der Waals surface area contributed by atoms with Crippen LogP contribution in [0.15, 0.2) is 36.4 Å². The molecule has 1 nitrogen and oxygen atoms in total. The van der Waals surface area contributed by atoms with Gasteiger partial charge in [0.1, 0.15) is 17.7 Å². The summed E-state index contributed by atoms with van der Waals surface area (Å²) in [6, 6.07) is 8.51. The predicted octanol–water partition coefficient (Wildman–Crippen LogP) is 4.01. The molecule has 0 aromatic heterocycles. The van der Waals surface area contributed by atoms with Crippen LogP contribution in [0.1, 0.15) is 22.8 Å². The molecule has 0 fully saturated rings. The Hall–Kier alpha value is -1.45. The Labute approximate surface area is 109 Å². The van der Waals surface area contributed by atoms with Gasteiger partial charge >= 0.3 is 0 Å². The summed E-state index contributed by atoms with van der Waals surface area (Å²) in [4.78, 5) is 0. The van der Waals surface area contributed by atoms with Gasteiger partial charge in [0.25, 0.3) is 0 Å². The average molecular weight is 269 g/mol. The first-order valence-electron chi connectivity index (χ1n) is 5.38. The zero-order valence-corrected chi connectivity index (χ0v) is 10.4. The number of rotatable bonds is 2. The lowest BCUT2D eigenvalue weighted by Crippen LogP contribution is -2.04. The van der Waals surface area contributed by atoms with Crippen molar-refractivity contribution in [2.24, 2.45) is 0 Å². The number of benzene rings is 2. The van der Waals surface area contributed by atoms with Crippen LogP contribution in [-0.2, 0) is 0 Å². The summed E-state index contributed by atoms with van der Waals surface area (Å²) in [7, 11) is 0. The summed E-state index contributed by atoms with van der Waals surface area (Å²) < 4.78 is 26.8. The van der Waals surface area contributed by atoms with Crippen molar-refractivity contribution in [3.8, 4) is 0 Å². The summed E-state index contributed by atoms with van der Waals surface area (Å²) in [6.07, 6.45) is -1.14. The Kier molecular flexibility index (Phi) is 3.64. The van der Waals surface area contributed by atoms with E-state index >= 15 is 0 Å². The normalized spacial score (nSPS) is 12.5. The maximum Gasteiger partial charge on any atom is 0.132 e. The number of hydrogen-bond acceptors (Lipinski definition) is 1. The molecular weight excluding hydrogens is 258 g/mol. The number of aliphatic hydroxyl groups excluding tert-OH is 1. The summed E-state index contributed by atoms with van der Waals surface area (Å²) in [5.41, 5.74) is 0.847. The molecule has 2 rings (SSSR count). The second-order valence-electron chi connectivity index (χ2n) is 4.08. The third-order valence-electron chi connectivity index (χ3n) is 2.76. The van der Waals surface area contributed by atoms with Gasteiger partial charge in [-0.25, -0.2) is 8.78 Å². The minimum atomic E-state index is -1.14. The van der Waals surface area contributed by atoms with Gasteiger partial charge in [0.15, 0.2) is 0 Å². The summed E-state index contributed by atoms with van der Waals surface area (Å²) >= 11 is 5.73. The van der Waals surface area contributed by atoms with Crippen LogP contribution in [0, 0.1) is 18.6 Å². The zero-order chi connectivity index (χ0) is 13.3. The van der Waals surface area contributed by atoms with Gasteiger partial charge in [-0.3, -0.25) is 0 Å². The van der Waals surface area contributed by atoms with E-state index in [-0.39, 0.29) is 5.56 Å². The van der Waals surface area contributed by atoms with E-state index in [0.717, 1.165) is 6.07 Å². The highest BCUT2D eigenvalue weighted by molar-refractivity contribution is 6.30. The fourth-order valence-electron chi connectivity index (χ4n) is 1.71. The first-order chi connectivity index (χ1) is 8.49. The third kappa shape index (κ3) is 2.52. The molecule has 1 atom stereocenters. The fraction of sp³-hybridized carbons (Fsp3) is 0.143. The molecule has 2 aromatic rings. The van der Waals surface area contributed by atoms with Crippen molar-refractivity contribution in [1.82, 2.24) is 0 Å². The maximum absolute atomic E-state index is 13.6. The van der Waals surface area contributed by atoms with E-state index in [1.807, 2.05) is 0 Å². The van der Waals surface area contributed by atoms with Crippen molar-refractivity contribution in [1.29, 1.82) is 0 Å². The smallest absolute Gasteiger partial charge is 0.132 e. The molecule has 0 bridgehead atoms. The molecule has 4 heteroatoms. The molecule has 2 aromatic carbocycles. The van der Waals surface area contributed by atoms with Gasteiger partial charge in [-0.05, 0) is 36.2 Å². The van der Waals surface area contributed by atoms with Crippen LogP contribution in [0.25, 0.3) is 0 Å². The molecular formula is C14H11ClF2O. The molecule has 0 aliphatic heterocycles. The van der Waals surface area contributed by atoms with Crippen molar-refractivity contribution in [3.63, 3.8) is 0 Å². The van der Waals surface area contributed by atoms with Gasteiger partial charge in [-0.2, -0.15) is 0 Å². The molecule has 0 aliphatic carbocycles. The lowest BCUT2D eigenvalue weighted by atomic mass is 9.99. The Morgan fingerprint density at radius 2 is 1.67 bits per heavy atom. The van der Waals surface area contributed by atoms with Crippen LogP contribution in [0.4, 0.5) is 8.78 Å². The Balaban J connectivity index is 2.42. The average Bonchev–Trinajstić information content (AvgIpc) is 2.34. The number of hydrogen-bond donors (Lipinski definition) is 1. The summed E-state index contributed by atoms with van der Waals surface area (Å²) in [6.45, 7) is 1.52. The van der Waals surface area contributed by atoms with Crippen molar-refractivity contribution in [2.75, 3.05) is 0 Å². The van der Waals surface area contributed by atoms with E-state index in [2.05, 4.69) is 0 Å². The summed E-state index contributed by atoms with van der Waals surface area (Å²) in [5.74, 6) is -1.39. The highest BCUT2D eigenvalue weighted by Crippen LogP contribution is 2.27. The molecule has 0 amide bonds. The largest absolute Gasteiger partial charge is 0.384 e. The Bertz CT molecular complexity index is 567. The quantitative estimate of drug-likeness (QED) is 0.873. The Morgan fingerprint density at radius 1 is 1.06 bits per heavy atom. The van der Waals surface area contributed by atoms with Crippen LogP contribution >= 0.6 is 11.6 Å². The molecule has 0 aliphatic rings. The molecule has 0 heterocycles. The number of halogens is 3. The van der Waals surface area contributed by atoms with Crippen LogP contribution in [0.2, 0.25) is 5.02 Å². The van der Waals surface area contributed by atoms with Crippen molar-refractivity contribution >= 4 is 11.6 Å². The van der Waals surface area contributed by atoms with E-state index in [1.165, 1.54) is 13.0 Å². The predicted molar refractivity (Wildman–Crippen MR) is 66.6 cm³/mol. The maximum atomic E-state index is 13.6. The van der Waals surface area contributed by atoms with E-state index in [0.29, 0.717) is 16.1 Å². The lowest BCUT2D eigenvalue weighted by Gasteiger charge is -2.13. The minimum absolute atomic E-state index is 0.0521. The second-order valence-corrected chi connectivity index (χ2v) is 4.51. The summed E-state index contributed by atoms with van der Waals surface area (Å²) in [5, 5.41) is 10.6. The SMILES string of the molecule is Cc1cc(C(O)c2ccc(Cl)cc2)c(F)cc1F. The van der Waals surface area contributed by atoms with E-state index < -0.39 is 17.7 Å². The van der Waals surface area contributed by atoms with Crippen molar-refractivity contribution in [3.05, 3.63) is 69.7 Å². The first kappa shape index (κ1) is 13.0. The number of aryl methyl sites for hydroxylation is 1. The highest BCUT2D eigenvalue weighted by atomic mass is 35.5. The van der Waals surface area contributed by atoms with Crippen LogP contribution in [0.3, 0.4) is 0 Å². The van der Waals surface area contributed by atoms with E-state index in [9.17, 15) is 13.9 Å². The topological polar surface area (TPSA) is 20.2 Å². The zero-order valence-electron chi connectivity index (χ0n) is 9.62. The van der Waals surface area contributed by atoms with Gasteiger partial charge in [0.05, 0.1) is 0 Å². The van der Waals surface area contributed by atoms with Crippen molar-refractivity contribution in [2.45, 2.75) is 13.0 Å². The highest BCUT2D eigenvalue weighted by Gasteiger charge is 2.17. The molecule has 1 unspecified atom stereocenters. The standard InChI is InChI=1S/C14H11ClF2O/c1-8-6-11(13(17)7-12(8)16)14(18)9-2-4-10(15)5-3-9/h2-7,14,18H,1H3. The van der Waals surface area contributed by atoms with Gasteiger partial charge in [-0.1, -0.05) is 23.7 Å². The van der Waals surface area contributed by atoms with E-state index in [1.54, 1.807) is 24.3 Å². The fourth-order valence-corrected chi connectivity index (χ4v) is 1.84. The number of aliphatic hydroxyl groups is 1. The Morgan fingerprint density at radius 3 is 2.28 bits per heavy atom. The molecule has 0 radical (unpaired) electrons. The molecule has 0 spiro atoms. The van der Waals surface area contributed by atoms with Crippen LogP contribution < -0.4 is 0 Å². The van der Waals surface area contributed by atoms with Gasteiger partial charge in [0, 0.05) is 16.7 Å². The molecule has 0 saturated carbocycles. The van der Waals surface area contributed by atoms with Gasteiger partial charge in [0.2, 0.25) is 0 Å². The molecule has 18 heavy (non-hydrogen) atoms. The second kappa shape index (κ2) is 5.04. The molecule has 1 N–H and O–H groups in total. The van der Waals surface area contributed by atoms with Crippen LogP contribution in [0.5, 0.6) is 0 Å². The molecule has 94 valence electrons. The minimum Gasteiger partial charge on any atom is -0.384 e. The lowest BCUT2D eigenvalue weighted by molar-refractivity contribution is 0.214. The first-order valence-corrected chi connectivity index (χ1v) is 5.76.